The molecule has 2 aromatic heterocycles. The lowest BCUT2D eigenvalue weighted by atomic mass is 9.85. The molecule has 2 unspecified atom stereocenters. The van der Waals surface area contributed by atoms with Crippen LogP contribution in [0.25, 0.3) is 10.9 Å². The van der Waals surface area contributed by atoms with Crippen molar-refractivity contribution < 1.29 is 9.90 Å². The van der Waals surface area contributed by atoms with Gasteiger partial charge in [0.2, 0.25) is 5.95 Å². The van der Waals surface area contributed by atoms with Crippen LogP contribution in [-0.4, -0.2) is 62.8 Å². The van der Waals surface area contributed by atoms with Crippen LogP contribution in [0, 0.1) is 17.8 Å². The maximum atomic E-state index is 12.7. The number of aromatic amines is 1. The molecule has 2 aliphatic heterocycles. The van der Waals surface area contributed by atoms with E-state index >= 15 is 0 Å². The summed E-state index contributed by atoms with van der Waals surface area (Å²) in [5.74, 6) is 1.96. The number of carbonyl (C=O) groups excluding carboxylic acids is 1. The maximum absolute atomic E-state index is 12.7. The normalized spacial score (nSPS) is 21.1. The summed E-state index contributed by atoms with van der Waals surface area (Å²) in [4.78, 5) is 39.1. The van der Waals surface area contributed by atoms with Crippen LogP contribution in [0.3, 0.4) is 0 Å². The van der Waals surface area contributed by atoms with E-state index in [2.05, 4.69) is 44.1 Å². The number of anilines is 4. The van der Waals surface area contributed by atoms with Crippen molar-refractivity contribution in [1.29, 1.82) is 0 Å². The lowest BCUT2D eigenvalue weighted by molar-refractivity contribution is -0.139. The van der Waals surface area contributed by atoms with E-state index in [0.29, 0.717) is 34.5 Å². The average Bonchev–Trinajstić information content (AvgIpc) is 2.87. The fourth-order valence-corrected chi connectivity index (χ4v) is 5.84. The highest BCUT2D eigenvalue weighted by molar-refractivity contribution is 5.90. The molecular formula is C28H37N7O3. The highest BCUT2D eigenvalue weighted by atomic mass is 16.3. The highest BCUT2D eigenvalue weighted by Gasteiger charge is 2.33. The summed E-state index contributed by atoms with van der Waals surface area (Å²) in [7, 11) is 0. The molecule has 2 atom stereocenters. The molecule has 0 aliphatic carbocycles. The van der Waals surface area contributed by atoms with Crippen LogP contribution >= 0.6 is 0 Å². The first-order valence-electron chi connectivity index (χ1n) is 13.5. The molecule has 0 spiro atoms. The van der Waals surface area contributed by atoms with E-state index in [4.69, 9.17) is 4.98 Å². The Morgan fingerprint density at radius 1 is 1.05 bits per heavy atom. The third kappa shape index (κ3) is 5.50. The second-order valence-electron chi connectivity index (χ2n) is 11.5. The van der Waals surface area contributed by atoms with E-state index in [1.54, 1.807) is 20.0 Å². The Morgan fingerprint density at radius 2 is 1.71 bits per heavy atom. The number of fused-ring (bicyclic) bond motifs is 1. The van der Waals surface area contributed by atoms with Crippen molar-refractivity contribution in [3.63, 3.8) is 0 Å². The highest BCUT2D eigenvalue weighted by Crippen LogP contribution is 2.30. The first-order valence-corrected chi connectivity index (χ1v) is 13.5. The number of nitrogens with one attached hydrogen (secondary N) is 2. The molecule has 10 heteroatoms. The second-order valence-corrected chi connectivity index (χ2v) is 11.5. The number of hydrogen-bond acceptors (Lipinski definition) is 9. The number of aliphatic hydroxyl groups is 1. The first-order chi connectivity index (χ1) is 18.1. The number of piperidine rings is 2. The number of carbonyl (C=O) groups is 1. The van der Waals surface area contributed by atoms with Gasteiger partial charge in [-0.05, 0) is 69.2 Å². The summed E-state index contributed by atoms with van der Waals surface area (Å²) in [5.41, 5.74) is 0.761. The van der Waals surface area contributed by atoms with Gasteiger partial charge in [-0.25, -0.2) is 10.1 Å². The number of benzene rings is 1. The third-order valence-electron chi connectivity index (χ3n) is 7.62. The lowest BCUT2D eigenvalue weighted by Gasteiger charge is -2.35. The second kappa shape index (κ2) is 10.3. The Kier molecular flexibility index (Phi) is 7.09. The van der Waals surface area contributed by atoms with E-state index in [9.17, 15) is 14.7 Å². The smallest absolute Gasteiger partial charge is 0.277 e. The van der Waals surface area contributed by atoms with Gasteiger partial charge in [0.05, 0.1) is 6.20 Å². The van der Waals surface area contributed by atoms with E-state index in [1.807, 2.05) is 24.3 Å². The van der Waals surface area contributed by atoms with Crippen LogP contribution in [0.5, 0.6) is 0 Å². The van der Waals surface area contributed by atoms with Crippen LogP contribution < -0.4 is 20.7 Å². The summed E-state index contributed by atoms with van der Waals surface area (Å²) in [6.07, 6.45) is 4.20. The van der Waals surface area contributed by atoms with E-state index in [1.165, 1.54) is 6.42 Å². The minimum Gasteiger partial charge on any atom is -0.383 e. The van der Waals surface area contributed by atoms with Crippen LogP contribution in [0.2, 0.25) is 0 Å². The molecule has 0 bridgehead atoms. The van der Waals surface area contributed by atoms with Crippen molar-refractivity contribution >= 4 is 39.8 Å². The average molecular weight is 520 g/mol. The van der Waals surface area contributed by atoms with Crippen molar-refractivity contribution in [3.05, 3.63) is 40.8 Å². The number of ketones is 1. The molecule has 3 aromatic rings. The minimum atomic E-state index is -1.28. The molecule has 3 N–H and O–H groups in total. The number of aromatic nitrogens is 4. The van der Waals surface area contributed by atoms with Gasteiger partial charge in [-0.15, -0.1) is 0 Å². The number of rotatable bonds is 6. The Morgan fingerprint density at radius 3 is 2.34 bits per heavy atom. The Hall–Kier alpha value is -3.53. The molecule has 0 amide bonds. The zero-order valence-electron chi connectivity index (χ0n) is 22.6. The molecule has 202 valence electrons. The molecule has 2 aliphatic rings. The van der Waals surface area contributed by atoms with Crippen molar-refractivity contribution in [3.8, 4) is 0 Å². The maximum Gasteiger partial charge on any atom is 0.277 e. The Bertz CT molecular complexity index is 1350. The number of nitrogens with zero attached hydrogens (tertiary/aromatic N) is 5. The number of Topliss-reactive ketones (excluding diaryl/α,β-unsaturated/α-hetero) is 1. The van der Waals surface area contributed by atoms with E-state index in [0.717, 1.165) is 50.4 Å². The van der Waals surface area contributed by atoms with Gasteiger partial charge in [0.25, 0.3) is 5.56 Å². The van der Waals surface area contributed by atoms with E-state index < -0.39 is 5.60 Å². The summed E-state index contributed by atoms with van der Waals surface area (Å²) in [6, 6.07) is 8.00. The molecule has 5 rings (SSSR count). The van der Waals surface area contributed by atoms with Crippen LogP contribution in [0.1, 0.15) is 47.0 Å². The fraction of sp³-hybridized carbons (Fsp3) is 0.536. The van der Waals surface area contributed by atoms with Gasteiger partial charge >= 0.3 is 0 Å². The van der Waals surface area contributed by atoms with E-state index in [-0.39, 0.29) is 17.3 Å². The van der Waals surface area contributed by atoms with Crippen LogP contribution in [0.15, 0.2) is 35.3 Å². The van der Waals surface area contributed by atoms with Gasteiger partial charge in [0.15, 0.2) is 5.78 Å². The zero-order valence-corrected chi connectivity index (χ0v) is 22.6. The van der Waals surface area contributed by atoms with Crippen molar-refractivity contribution in [1.82, 2.24) is 20.2 Å². The largest absolute Gasteiger partial charge is 0.383 e. The monoisotopic (exact) mass is 519 g/mol. The van der Waals surface area contributed by atoms with Crippen molar-refractivity contribution in [2.75, 3.05) is 41.3 Å². The van der Waals surface area contributed by atoms with Crippen molar-refractivity contribution in [2.24, 2.45) is 17.8 Å². The van der Waals surface area contributed by atoms with Crippen molar-refractivity contribution in [2.45, 2.75) is 52.6 Å². The summed E-state index contributed by atoms with van der Waals surface area (Å²) >= 11 is 0. The van der Waals surface area contributed by atoms with Gasteiger partial charge in [0.1, 0.15) is 22.3 Å². The number of hydrogen-bond donors (Lipinski definition) is 3. The molecule has 0 radical (unpaired) electrons. The lowest BCUT2D eigenvalue weighted by Crippen LogP contribution is -2.43. The molecule has 2 fully saturated rings. The summed E-state index contributed by atoms with van der Waals surface area (Å²) in [5, 5.41) is 20.2. The quantitative estimate of drug-likeness (QED) is 0.448. The predicted molar refractivity (Wildman–Crippen MR) is 149 cm³/mol. The topological polar surface area (TPSA) is 127 Å². The number of H-pyrrole nitrogens is 1. The van der Waals surface area contributed by atoms with Gasteiger partial charge in [-0.2, -0.15) is 10.1 Å². The predicted octanol–water partition coefficient (Wildman–Crippen LogP) is 3.50. The minimum absolute atomic E-state index is 0.0770. The standard InChI is InChI=1S/C28H37N7O3/c1-17-13-18(2)16-35(15-17)27-31-22-14-29-33-26(37)23(22)25(32-27)30-20-5-7-21(8-6-20)34-11-9-19(10-12-34)24(36)28(3,4)38/h5-8,14,17-19,38H,9-13,15-16H2,1-4H3,(H,33,37)(H,30,31,32). The Balaban J connectivity index is 1.35. The molecule has 4 heterocycles. The van der Waals surface area contributed by atoms with Gasteiger partial charge in [0, 0.05) is 43.5 Å². The molecule has 10 nitrogen and oxygen atoms in total. The third-order valence-corrected chi connectivity index (χ3v) is 7.62. The molecule has 1 aromatic carbocycles. The fourth-order valence-electron chi connectivity index (χ4n) is 5.84. The van der Waals surface area contributed by atoms with Crippen LogP contribution in [-0.2, 0) is 4.79 Å². The summed E-state index contributed by atoms with van der Waals surface area (Å²) < 4.78 is 0. The molecule has 2 saturated heterocycles. The Labute approximate surface area is 222 Å². The first kappa shape index (κ1) is 26.1. The molecular weight excluding hydrogens is 482 g/mol. The molecule has 38 heavy (non-hydrogen) atoms. The SMILES string of the molecule is CC1CC(C)CN(c2nc(Nc3ccc(N4CCC(C(=O)C(C)(C)O)CC4)cc3)c3c(=O)[nH]ncc3n2)C1. The van der Waals surface area contributed by atoms with Gasteiger partial charge in [-0.3, -0.25) is 9.59 Å². The summed E-state index contributed by atoms with van der Waals surface area (Å²) in [6.45, 7) is 10.9. The molecule has 0 saturated carbocycles. The van der Waals surface area contributed by atoms with Crippen LogP contribution in [0.4, 0.5) is 23.1 Å². The zero-order chi connectivity index (χ0) is 27.0. The van der Waals surface area contributed by atoms with Gasteiger partial charge < -0.3 is 20.2 Å². The van der Waals surface area contributed by atoms with Gasteiger partial charge in [-0.1, -0.05) is 13.8 Å².